The van der Waals surface area contributed by atoms with Gasteiger partial charge >= 0.3 is 0 Å². The summed E-state index contributed by atoms with van der Waals surface area (Å²) in [5.74, 6) is 1.87. The highest BCUT2D eigenvalue weighted by Crippen LogP contribution is 1.99. The second kappa shape index (κ2) is 12.4. The number of rotatable bonds is 7. The van der Waals surface area contributed by atoms with Crippen LogP contribution in [0, 0.1) is 0 Å². The Bertz CT molecular complexity index is 504. The van der Waals surface area contributed by atoms with E-state index in [1.54, 1.807) is 6.33 Å². The lowest BCUT2D eigenvalue weighted by Crippen LogP contribution is -2.43. The van der Waals surface area contributed by atoms with Crippen LogP contribution in [0.15, 0.2) is 11.3 Å². The highest BCUT2D eigenvalue weighted by atomic mass is 127. The molecule has 8 nitrogen and oxygen atoms in total. The summed E-state index contributed by atoms with van der Waals surface area (Å²) in [6.45, 7) is 10.4. The van der Waals surface area contributed by atoms with Crippen LogP contribution in [0.2, 0.25) is 0 Å². The van der Waals surface area contributed by atoms with E-state index in [2.05, 4.69) is 54.2 Å². The summed E-state index contributed by atoms with van der Waals surface area (Å²) in [6, 6.07) is 0. The minimum Gasteiger partial charge on any atom is -0.355 e. The minimum atomic E-state index is 0. The average molecular weight is 464 g/mol. The molecular weight excluding hydrogens is 431 g/mol. The average Bonchev–Trinajstić information content (AvgIpc) is 2.95. The van der Waals surface area contributed by atoms with Crippen molar-refractivity contribution in [1.82, 2.24) is 35.2 Å². The number of aliphatic imine (C=N–C) groups is 1. The van der Waals surface area contributed by atoms with Crippen molar-refractivity contribution in [3.05, 3.63) is 12.2 Å². The fourth-order valence-corrected chi connectivity index (χ4v) is 2.91. The Balaban J connectivity index is 0.00000312. The van der Waals surface area contributed by atoms with Gasteiger partial charge < -0.3 is 25.0 Å². The van der Waals surface area contributed by atoms with E-state index in [4.69, 9.17) is 0 Å². The smallest absolute Gasteiger partial charge is 0.191 e. The standard InChI is InChI=1S/C16H32N8.HI/c1-4-15-21-20-14-24(15)11-7-19-16(17-2)18-6-10-23-9-5-8-22(3)12-13-23;/h14H,4-13H2,1-3H3,(H2,17,18,19);1H. The Morgan fingerprint density at radius 3 is 2.64 bits per heavy atom. The van der Waals surface area contributed by atoms with E-state index in [-0.39, 0.29) is 24.0 Å². The van der Waals surface area contributed by atoms with Gasteiger partial charge in [0.15, 0.2) is 5.96 Å². The molecule has 1 aliphatic heterocycles. The number of aromatic nitrogens is 3. The quantitative estimate of drug-likeness (QED) is 0.343. The highest BCUT2D eigenvalue weighted by molar-refractivity contribution is 14.0. The molecule has 0 atom stereocenters. The Hall–Kier alpha value is -0.940. The lowest BCUT2D eigenvalue weighted by Gasteiger charge is -2.21. The van der Waals surface area contributed by atoms with E-state index in [0.717, 1.165) is 57.5 Å². The minimum absolute atomic E-state index is 0. The van der Waals surface area contributed by atoms with Gasteiger partial charge in [0.2, 0.25) is 0 Å². The van der Waals surface area contributed by atoms with Crippen LogP contribution in [0.4, 0.5) is 0 Å². The van der Waals surface area contributed by atoms with Gasteiger partial charge in [-0.05, 0) is 26.6 Å². The predicted octanol–water partition coefficient (Wildman–Crippen LogP) is 0.261. The van der Waals surface area contributed by atoms with Crippen LogP contribution in [-0.2, 0) is 13.0 Å². The molecule has 2 heterocycles. The fourth-order valence-electron chi connectivity index (χ4n) is 2.91. The molecule has 1 aromatic rings. The predicted molar refractivity (Wildman–Crippen MR) is 113 cm³/mol. The SMILES string of the molecule is CCc1nncn1CCNC(=NC)NCCN1CCCN(C)CC1.I. The molecule has 1 saturated heterocycles. The molecule has 0 aliphatic carbocycles. The molecule has 25 heavy (non-hydrogen) atoms. The van der Waals surface area contributed by atoms with Crippen LogP contribution in [0.1, 0.15) is 19.2 Å². The van der Waals surface area contributed by atoms with E-state index in [1.165, 1.54) is 19.5 Å². The second-order valence-electron chi connectivity index (χ2n) is 6.22. The third kappa shape index (κ3) is 7.87. The van der Waals surface area contributed by atoms with Crippen molar-refractivity contribution in [1.29, 1.82) is 0 Å². The van der Waals surface area contributed by atoms with Gasteiger partial charge in [-0.3, -0.25) is 4.99 Å². The molecule has 9 heteroatoms. The summed E-state index contributed by atoms with van der Waals surface area (Å²) in [7, 11) is 4.01. The number of hydrogen-bond donors (Lipinski definition) is 2. The monoisotopic (exact) mass is 464 g/mol. The molecule has 0 aromatic carbocycles. The topological polar surface area (TPSA) is 73.6 Å². The summed E-state index contributed by atoms with van der Waals surface area (Å²) in [4.78, 5) is 9.22. The molecule has 1 aromatic heterocycles. The zero-order valence-electron chi connectivity index (χ0n) is 15.7. The van der Waals surface area contributed by atoms with E-state index < -0.39 is 0 Å². The van der Waals surface area contributed by atoms with Crippen molar-refractivity contribution in [2.45, 2.75) is 26.3 Å². The summed E-state index contributed by atoms with van der Waals surface area (Å²) < 4.78 is 2.08. The van der Waals surface area contributed by atoms with E-state index >= 15 is 0 Å². The van der Waals surface area contributed by atoms with Crippen LogP contribution >= 0.6 is 24.0 Å². The zero-order chi connectivity index (χ0) is 17.2. The third-order valence-electron chi connectivity index (χ3n) is 4.41. The lowest BCUT2D eigenvalue weighted by atomic mass is 10.4. The van der Waals surface area contributed by atoms with Crippen molar-refractivity contribution in [3.63, 3.8) is 0 Å². The van der Waals surface area contributed by atoms with Crippen LogP contribution in [0.5, 0.6) is 0 Å². The first kappa shape index (κ1) is 22.1. The van der Waals surface area contributed by atoms with Gasteiger partial charge in [-0.15, -0.1) is 34.2 Å². The number of hydrogen-bond acceptors (Lipinski definition) is 5. The molecule has 0 radical (unpaired) electrons. The normalized spacial score (nSPS) is 17.0. The lowest BCUT2D eigenvalue weighted by molar-refractivity contribution is 0.280. The molecule has 2 rings (SSSR count). The van der Waals surface area contributed by atoms with Crippen LogP contribution in [-0.4, -0.2) is 90.4 Å². The third-order valence-corrected chi connectivity index (χ3v) is 4.41. The molecule has 0 spiro atoms. The maximum atomic E-state index is 4.29. The zero-order valence-corrected chi connectivity index (χ0v) is 18.1. The Morgan fingerprint density at radius 2 is 1.92 bits per heavy atom. The number of guanidine groups is 1. The Labute approximate surface area is 168 Å². The van der Waals surface area contributed by atoms with Gasteiger partial charge in [-0.2, -0.15) is 0 Å². The molecule has 144 valence electrons. The molecule has 1 aliphatic rings. The van der Waals surface area contributed by atoms with Gasteiger partial charge in [0.05, 0.1) is 0 Å². The maximum absolute atomic E-state index is 4.29. The van der Waals surface area contributed by atoms with E-state index in [1.807, 2.05) is 7.05 Å². The van der Waals surface area contributed by atoms with Crippen LogP contribution in [0.3, 0.4) is 0 Å². The molecule has 0 unspecified atom stereocenters. The van der Waals surface area contributed by atoms with Crippen molar-refractivity contribution >= 4 is 29.9 Å². The molecule has 0 amide bonds. The van der Waals surface area contributed by atoms with Crippen molar-refractivity contribution < 1.29 is 0 Å². The van der Waals surface area contributed by atoms with E-state index in [0.29, 0.717) is 0 Å². The van der Waals surface area contributed by atoms with Crippen molar-refractivity contribution in [3.8, 4) is 0 Å². The van der Waals surface area contributed by atoms with Crippen LogP contribution in [0.25, 0.3) is 0 Å². The van der Waals surface area contributed by atoms with Gasteiger partial charge in [-0.25, -0.2) is 0 Å². The first-order valence-electron chi connectivity index (χ1n) is 8.95. The first-order valence-corrected chi connectivity index (χ1v) is 8.95. The summed E-state index contributed by atoms with van der Waals surface area (Å²) >= 11 is 0. The molecular formula is C16H33IN8. The molecule has 0 bridgehead atoms. The fraction of sp³-hybridized carbons (Fsp3) is 0.812. The number of nitrogens with one attached hydrogen (secondary N) is 2. The highest BCUT2D eigenvalue weighted by Gasteiger charge is 2.11. The Kier molecular flexibility index (Phi) is 11.0. The van der Waals surface area contributed by atoms with Crippen LogP contribution < -0.4 is 10.6 Å². The Morgan fingerprint density at radius 1 is 1.16 bits per heavy atom. The first-order chi connectivity index (χ1) is 11.7. The van der Waals surface area contributed by atoms with Gasteiger partial charge in [0, 0.05) is 52.7 Å². The molecule has 2 N–H and O–H groups in total. The molecule has 0 saturated carbocycles. The summed E-state index contributed by atoms with van der Waals surface area (Å²) in [5, 5.41) is 14.8. The molecule has 1 fully saturated rings. The van der Waals surface area contributed by atoms with E-state index in [9.17, 15) is 0 Å². The second-order valence-corrected chi connectivity index (χ2v) is 6.22. The number of likely N-dealkylation sites (N-methyl/N-ethyl adjacent to an activating group) is 1. The maximum Gasteiger partial charge on any atom is 0.191 e. The van der Waals surface area contributed by atoms with Gasteiger partial charge in [0.25, 0.3) is 0 Å². The van der Waals surface area contributed by atoms with Crippen molar-refractivity contribution in [2.75, 3.05) is 59.9 Å². The number of aryl methyl sites for hydroxylation is 1. The number of halogens is 1. The summed E-state index contributed by atoms with van der Waals surface area (Å²) in [5.41, 5.74) is 0. The number of nitrogens with zero attached hydrogens (tertiary/aromatic N) is 6. The summed E-state index contributed by atoms with van der Waals surface area (Å²) in [6.07, 6.45) is 3.94. The van der Waals surface area contributed by atoms with Gasteiger partial charge in [0.1, 0.15) is 12.2 Å². The van der Waals surface area contributed by atoms with Gasteiger partial charge in [-0.1, -0.05) is 6.92 Å². The largest absolute Gasteiger partial charge is 0.355 e. The van der Waals surface area contributed by atoms with Crippen molar-refractivity contribution in [2.24, 2.45) is 4.99 Å².